The van der Waals surface area contributed by atoms with E-state index in [-0.39, 0.29) is 17.1 Å². The van der Waals surface area contributed by atoms with Crippen molar-refractivity contribution in [3.05, 3.63) is 70.0 Å². The molecule has 110 valence electrons. The topological polar surface area (TPSA) is 89.3 Å². The summed E-state index contributed by atoms with van der Waals surface area (Å²) in [5.41, 5.74) is 0.336. The Morgan fingerprint density at radius 3 is 2.43 bits per heavy atom. The number of hydrogen-bond acceptors (Lipinski definition) is 4. The molecule has 0 saturated carbocycles. The maximum atomic E-state index is 12.8. The first-order valence-electron chi connectivity index (χ1n) is 5.87. The Labute approximate surface area is 120 Å². The smallest absolute Gasteiger partial charge is 0.258 e. The number of halogens is 1. The molecule has 2 aromatic rings. The fraction of sp³-hybridized carbons (Fsp3) is 0.0769. The van der Waals surface area contributed by atoms with Gasteiger partial charge in [0.1, 0.15) is 5.82 Å². The van der Waals surface area contributed by atoms with Crippen LogP contribution in [0.2, 0.25) is 0 Å². The molecule has 0 atom stereocenters. The Hall–Kier alpha value is -2.32. The first kappa shape index (κ1) is 15.1. The van der Waals surface area contributed by atoms with Crippen molar-refractivity contribution in [3.63, 3.8) is 0 Å². The lowest BCUT2D eigenvalue weighted by molar-refractivity contribution is -0.384. The summed E-state index contributed by atoms with van der Waals surface area (Å²) in [6.07, 6.45) is 0. The van der Waals surface area contributed by atoms with Gasteiger partial charge in [-0.3, -0.25) is 10.1 Å². The molecule has 0 saturated heterocycles. The SMILES string of the molecule is O=[N+]([O-])c1cccc(CNS(=O)(=O)c2ccc(F)cc2)c1. The predicted molar refractivity (Wildman–Crippen MR) is 73.5 cm³/mol. The van der Waals surface area contributed by atoms with E-state index in [1.807, 2.05) is 0 Å². The van der Waals surface area contributed by atoms with Crippen molar-refractivity contribution in [1.29, 1.82) is 0 Å². The van der Waals surface area contributed by atoms with Crippen molar-refractivity contribution in [2.75, 3.05) is 0 Å². The number of benzene rings is 2. The van der Waals surface area contributed by atoms with Gasteiger partial charge < -0.3 is 0 Å². The van der Waals surface area contributed by atoms with Gasteiger partial charge >= 0.3 is 0 Å². The third-order valence-corrected chi connectivity index (χ3v) is 4.13. The van der Waals surface area contributed by atoms with E-state index in [2.05, 4.69) is 4.72 Å². The highest BCUT2D eigenvalue weighted by Gasteiger charge is 2.14. The normalized spacial score (nSPS) is 11.3. The average molecular weight is 310 g/mol. The van der Waals surface area contributed by atoms with Gasteiger partial charge in [-0.05, 0) is 29.8 Å². The fourth-order valence-corrected chi connectivity index (χ4v) is 2.67. The third-order valence-electron chi connectivity index (χ3n) is 2.71. The fourth-order valence-electron chi connectivity index (χ4n) is 1.66. The van der Waals surface area contributed by atoms with Gasteiger partial charge in [-0.1, -0.05) is 12.1 Å². The Kier molecular flexibility index (Phi) is 4.29. The van der Waals surface area contributed by atoms with Crippen LogP contribution in [0, 0.1) is 15.9 Å². The van der Waals surface area contributed by atoms with E-state index in [0.29, 0.717) is 5.56 Å². The molecule has 0 aromatic heterocycles. The summed E-state index contributed by atoms with van der Waals surface area (Å²) in [5.74, 6) is -0.535. The maximum absolute atomic E-state index is 12.8. The zero-order chi connectivity index (χ0) is 15.5. The van der Waals surface area contributed by atoms with E-state index in [4.69, 9.17) is 0 Å². The van der Waals surface area contributed by atoms with Crippen molar-refractivity contribution in [2.45, 2.75) is 11.4 Å². The van der Waals surface area contributed by atoms with Crippen molar-refractivity contribution in [3.8, 4) is 0 Å². The molecule has 0 unspecified atom stereocenters. The molecule has 8 heteroatoms. The van der Waals surface area contributed by atoms with Crippen LogP contribution in [0.5, 0.6) is 0 Å². The lowest BCUT2D eigenvalue weighted by Crippen LogP contribution is -2.23. The number of non-ortho nitro benzene ring substituents is 1. The molecule has 0 fully saturated rings. The highest BCUT2D eigenvalue weighted by molar-refractivity contribution is 7.89. The van der Waals surface area contributed by atoms with E-state index in [1.54, 1.807) is 6.07 Å². The molecule has 0 amide bonds. The van der Waals surface area contributed by atoms with Crippen LogP contribution >= 0.6 is 0 Å². The van der Waals surface area contributed by atoms with Crippen molar-refractivity contribution >= 4 is 15.7 Å². The molecule has 6 nitrogen and oxygen atoms in total. The van der Waals surface area contributed by atoms with E-state index in [0.717, 1.165) is 24.3 Å². The average Bonchev–Trinajstić information content (AvgIpc) is 2.46. The first-order valence-corrected chi connectivity index (χ1v) is 7.35. The summed E-state index contributed by atoms with van der Waals surface area (Å²) in [7, 11) is -3.79. The number of nitro benzene ring substituents is 1. The van der Waals surface area contributed by atoms with Gasteiger partial charge in [-0.2, -0.15) is 0 Å². The van der Waals surface area contributed by atoms with Crippen LogP contribution in [0.1, 0.15) is 5.56 Å². The second kappa shape index (κ2) is 5.98. The van der Waals surface area contributed by atoms with Gasteiger partial charge in [-0.15, -0.1) is 0 Å². The van der Waals surface area contributed by atoms with Gasteiger partial charge in [0.2, 0.25) is 10.0 Å². The van der Waals surface area contributed by atoms with Gasteiger partial charge in [0.15, 0.2) is 0 Å². The largest absolute Gasteiger partial charge is 0.269 e. The summed E-state index contributed by atoms with van der Waals surface area (Å²) in [4.78, 5) is 10.0. The minimum atomic E-state index is -3.79. The Balaban J connectivity index is 2.13. The monoisotopic (exact) mass is 310 g/mol. The molecule has 0 aliphatic rings. The first-order chi connectivity index (χ1) is 9.88. The van der Waals surface area contributed by atoms with Crippen LogP contribution in [-0.2, 0) is 16.6 Å². The standard InChI is InChI=1S/C13H11FN2O4S/c14-11-4-6-13(7-5-11)21(19,20)15-9-10-2-1-3-12(8-10)16(17)18/h1-8,15H,9H2. The van der Waals surface area contributed by atoms with Gasteiger partial charge in [0, 0.05) is 18.7 Å². The molecule has 1 N–H and O–H groups in total. The van der Waals surface area contributed by atoms with Crippen LogP contribution in [0.4, 0.5) is 10.1 Å². The molecule has 0 aliphatic carbocycles. The number of nitro groups is 1. The van der Waals surface area contributed by atoms with Crippen LogP contribution in [0.25, 0.3) is 0 Å². The molecular weight excluding hydrogens is 299 g/mol. The second-order valence-electron chi connectivity index (χ2n) is 4.21. The number of nitrogens with zero attached hydrogens (tertiary/aromatic N) is 1. The van der Waals surface area contributed by atoms with E-state index in [1.165, 1.54) is 18.2 Å². The minimum absolute atomic E-state index is 0.0747. The molecule has 0 radical (unpaired) electrons. The molecule has 2 rings (SSSR count). The summed E-state index contributed by atoms with van der Waals surface area (Å²) in [6, 6.07) is 10.0. The molecule has 0 spiro atoms. The van der Waals surface area contributed by atoms with E-state index < -0.39 is 20.8 Å². The second-order valence-corrected chi connectivity index (χ2v) is 5.97. The summed E-state index contributed by atoms with van der Waals surface area (Å²) < 4.78 is 39.0. The van der Waals surface area contributed by atoms with Gasteiger partial charge in [0.25, 0.3) is 5.69 Å². The highest BCUT2D eigenvalue weighted by Crippen LogP contribution is 2.14. The Bertz CT molecular complexity index is 760. The number of sulfonamides is 1. The van der Waals surface area contributed by atoms with E-state index in [9.17, 15) is 22.9 Å². The van der Waals surface area contributed by atoms with Crippen LogP contribution in [0.15, 0.2) is 53.4 Å². The summed E-state index contributed by atoms with van der Waals surface area (Å²) in [5, 5.41) is 10.6. The van der Waals surface area contributed by atoms with Gasteiger partial charge in [-0.25, -0.2) is 17.5 Å². The zero-order valence-corrected chi connectivity index (χ0v) is 11.5. The molecule has 21 heavy (non-hydrogen) atoms. The zero-order valence-electron chi connectivity index (χ0n) is 10.7. The Morgan fingerprint density at radius 1 is 1.14 bits per heavy atom. The maximum Gasteiger partial charge on any atom is 0.269 e. The Morgan fingerprint density at radius 2 is 1.81 bits per heavy atom. The molecular formula is C13H11FN2O4S. The predicted octanol–water partition coefficient (Wildman–Crippen LogP) is 2.21. The lowest BCUT2D eigenvalue weighted by Gasteiger charge is -2.06. The summed E-state index contributed by atoms with van der Waals surface area (Å²) in [6.45, 7) is -0.0958. The van der Waals surface area contributed by atoms with Crippen molar-refractivity contribution < 1.29 is 17.7 Å². The number of hydrogen-bond donors (Lipinski definition) is 1. The number of rotatable bonds is 5. The third kappa shape index (κ3) is 3.83. The molecule has 2 aromatic carbocycles. The quantitative estimate of drug-likeness (QED) is 0.677. The van der Waals surface area contributed by atoms with Crippen molar-refractivity contribution in [2.24, 2.45) is 0 Å². The summed E-state index contributed by atoms with van der Waals surface area (Å²) >= 11 is 0. The molecule has 0 aliphatic heterocycles. The van der Waals surface area contributed by atoms with Gasteiger partial charge in [0.05, 0.1) is 9.82 Å². The minimum Gasteiger partial charge on any atom is -0.258 e. The van der Waals surface area contributed by atoms with Crippen LogP contribution < -0.4 is 4.72 Å². The highest BCUT2D eigenvalue weighted by atomic mass is 32.2. The van der Waals surface area contributed by atoms with Crippen LogP contribution in [-0.4, -0.2) is 13.3 Å². The van der Waals surface area contributed by atoms with E-state index >= 15 is 0 Å². The lowest BCUT2D eigenvalue weighted by atomic mass is 10.2. The number of nitrogens with one attached hydrogen (secondary N) is 1. The molecule has 0 heterocycles. The van der Waals surface area contributed by atoms with Crippen molar-refractivity contribution in [1.82, 2.24) is 4.72 Å². The van der Waals surface area contributed by atoms with Crippen LogP contribution in [0.3, 0.4) is 0 Å². The molecule has 0 bridgehead atoms.